The maximum absolute atomic E-state index is 13.1. The van der Waals surface area contributed by atoms with Gasteiger partial charge in [0.15, 0.2) is 0 Å². The second-order valence-electron chi connectivity index (χ2n) is 8.17. The second kappa shape index (κ2) is 9.02. The average molecular weight is 468 g/mol. The predicted molar refractivity (Wildman–Crippen MR) is 119 cm³/mol. The lowest BCUT2D eigenvalue weighted by molar-refractivity contribution is -0.138. The van der Waals surface area contributed by atoms with Gasteiger partial charge in [0.1, 0.15) is 16.6 Å². The Morgan fingerprint density at radius 2 is 2.00 bits per heavy atom. The van der Waals surface area contributed by atoms with Gasteiger partial charge in [-0.1, -0.05) is 36.4 Å². The van der Waals surface area contributed by atoms with E-state index in [1.54, 1.807) is 25.1 Å². The summed E-state index contributed by atoms with van der Waals surface area (Å²) in [6.45, 7) is 5.52. The molecule has 1 aromatic rings. The van der Waals surface area contributed by atoms with Gasteiger partial charge < -0.3 is 15.8 Å². The zero-order valence-corrected chi connectivity index (χ0v) is 18.6. The highest BCUT2D eigenvalue weighted by Gasteiger charge is 2.41. The van der Waals surface area contributed by atoms with E-state index in [0.717, 1.165) is 25.0 Å². The molecule has 2 fully saturated rings. The van der Waals surface area contributed by atoms with Crippen molar-refractivity contribution in [3.63, 3.8) is 0 Å². The number of allylic oxidation sites excluding steroid dienone is 1. The van der Waals surface area contributed by atoms with E-state index in [4.69, 9.17) is 22.1 Å². The summed E-state index contributed by atoms with van der Waals surface area (Å²) in [5.74, 6) is -0.494. The number of amidine groups is 1. The van der Waals surface area contributed by atoms with Gasteiger partial charge in [-0.15, -0.1) is 0 Å². The van der Waals surface area contributed by atoms with Gasteiger partial charge in [0.05, 0.1) is 18.2 Å². The molecule has 9 heteroatoms. The van der Waals surface area contributed by atoms with E-state index in [1.165, 1.54) is 7.11 Å². The Kier molecular flexibility index (Phi) is 6.74. The third-order valence-corrected chi connectivity index (χ3v) is 5.69. The number of nitrogens with zero attached hydrogens (tertiary/aromatic N) is 1. The van der Waals surface area contributed by atoms with Crippen molar-refractivity contribution in [2.24, 2.45) is 16.6 Å². The number of carbonyl (C=O) groups is 1. The summed E-state index contributed by atoms with van der Waals surface area (Å²) in [5, 5.41) is 2.80. The van der Waals surface area contributed by atoms with Gasteiger partial charge in [-0.05, 0) is 61.8 Å². The van der Waals surface area contributed by atoms with E-state index >= 15 is 0 Å². The molecule has 0 amide bonds. The number of nitrogens with one attached hydrogen (secondary N) is 1. The van der Waals surface area contributed by atoms with Crippen molar-refractivity contribution in [3.05, 3.63) is 64.0 Å². The molecule has 32 heavy (non-hydrogen) atoms. The summed E-state index contributed by atoms with van der Waals surface area (Å²) in [6.07, 6.45) is 2.15. The van der Waals surface area contributed by atoms with Crippen molar-refractivity contribution in [2.45, 2.75) is 44.3 Å². The fourth-order valence-corrected chi connectivity index (χ4v) is 3.34. The van der Waals surface area contributed by atoms with E-state index in [0.29, 0.717) is 29.7 Å². The summed E-state index contributed by atoms with van der Waals surface area (Å²) in [6, 6.07) is 3.84. The first-order valence-electron chi connectivity index (χ1n) is 10.1. The summed E-state index contributed by atoms with van der Waals surface area (Å²) >= 11 is 6.35. The minimum absolute atomic E-state index is 0.0411. The molecule has 0 aromatic heterocycles. The van der Waals surface area contributed by atoms with Crippen LogP contribution in [0.2, 0.25) is 0 Å². The van der Waals surface area contributed by atoms with Gasteiger partial charge >= 0.3 is 12.1 Å². The molecule has 2 aliphatic carbocycles. The number of methoxy groups -OCH3 is 1. The maximum Gasteiger partial charge on any atom is 0.416 e. The molecule has 5 nitrogen and oxygen atoms in total. The van der Waals surface area contributed by atoms with Gasteiger partial charge in [0, 0.05) is 5.70 Å². The van der Waals surface area contributed by atoms with Gasteiger partial charge in [-0.25, -0.2) is 4.79 Å². The molecule has 0 spiro atoms. The molecule has 0 saturated heterocycles. The van der Waals surface area contributed by atoms with Crippen LogP contribution < -0.4 is 11.1 Å². The van der Waals surface area contributed by atoms with Crippen molar-refractivity contribution in [1.29, 1.82) is 0 Å². The molecular weight excluding hydrogens is 443 g/mol. The van der Waals surface area contributed by atoms with E-state index < -0.39 is 23.2 Å². The number of aryl methyl sites for hydroxylation is 1. The Morgan fingerprint density at radius 3 is 2.53 bits per heavy atom. The highest BCUT2D eigenvalue weighted by molar-refractivity contribution is 6.44. The van der Waals surface area contributed by atoms with Gasteiger partial charge in [-0.3, -0.25) is 4.99 Å². The average Bonchev–Trinajstić information content (AvgIpc) is 3.64. The van der Waals surface area contributed by atoms with Gasteiger partial charge in [0.2, 0.25) is 0 Å². The molecule has 0 radical (unpaired) electrons. The van der Waals surface area contributed by atoms with Crippen LogP contribution in [0.4, 0.5) is 13.2 Å². The fraction of sp³-hybridized carbons (Fsp3) is 0.391. The normalized spacial score (nSPS) is 18.9. The number of nitrogens with two attached hydrogens (primary N) is 1. The van der Waals surface area contributed by atoms with E-state index in [1.807, 2.05) is 0 Å². The summed E-state index contributed by atoms with van der Waals surface area (Å²) in [4.78, 5) is 16.6. The third-order valence-electron chi connectivity index (χ3n) is 5.31. The zero-order valence-electron chi connectivity index (χ0n) is 17.9. The number of hydrogen-bond donors (Lipinski definition) is 2. The SMILES string of the molecule is C=C(NC(C(=O)OC)=C(Cl)C(N)=NC1(/C=C/c2cc(C)cc(C(F)(F)F)c2)CC1)C1CC1. The fourth-order valence-electron chi connectivity index (χ4n) is 3.18. The molecule has 2 saturated carbocycles. The highest BCUT2D eigenvalue weighted by atomic mass is 35.5. The Morgan fingerprint density at radius 1 is 1.34 bits per heavy atom. The first kappa shape index (κ1) is 23.9. The monoisotopic (exact) mass is 467 g/mol. The molecule has 2 aliphatic rings. The Labute approximate surface area is 189 Å². The summed E-state index contributed by atoms with van der Waals surface area (Å²) in [7, 11) is 1.23. The molecule has 1 aromatic carbocycles. The van der Waals surface area contributed by atoms with Crippen LogP contribution in [-0.2, 0) is 15.7 Å². The van der Waals surface area contributed by atoms with Crippen molar-refractivity contribution >= 4 is 29.5 Å². The van der Waals surface area contributed by atoms with Crippen LogP contribution in [0, 0.1) is 12.8 Å². The summed E-state index contributed by atoms with van der Waals surface area (Å²) in [5.41, 5.74) is 6.22. The van der Waals surface area contributed by atoms with Crippen molar-refractivity contribution in [3.8, 4) is 0 Å². The van der Waals surface area contributed by atoms with E-state index in [-0.39, 0.29) is 22.5 Å². The lowest BCUT2D eigenvalue weighted by Crippen LogP contribution is -2.27. The first-order valence-corrected chi connectivity index (χ1v) is 10.5. The number of esters is 1. The molecule has 0 unspecified atom stereocenters. The molecular formula is C23H25ClF3N3O2. The molecule has 3 rings (SSSR count). The van der Waals surface area contributed by atoms with Crippen molar-refractivity contribution in [1.82, 2.24) is 5.32 Å². The van der Waals surface area contributed by atoms with Crippen LogP contribution in [0.1, 0.15) is 42.4 Å². The van der Waals surface area contributed by atoms with E-state index in [9.17, 15) is 18.0 Å². The van der Waals surface area contributed by atoms with E-state index in [2.05, 4.69) is 16.9 Å². The Hall–Kier alpha value is -2.74. The number of halogens is 4. The van der Waals surface area contributed by atoms with Crippen molar-refractivity contribution in [2.75, 3.05) is 7.11 Å². The van der Waals surface area contributed by atoms with Crippen LogP contribution in [-0.4, -0.2) is 24.5 Å². The number of benzene rings is 1. The Balaban J connectivity index is 1.84. The molecule has 0 heterocycles. The standard InChI is InChI=1S/C23H25ClF3N3O2/c1-13-10-15(12-17(11-13)23(25,26)27)6-7-22(8-9-22)30-20(28)18(24)19(21(31)32-3)29-14(2)16-4-5-16/h6-7,10-12,16,29H,2,4-5,8-9H2,1,3H3,(H2,28,30)/b7-6+,19-18?. The number of carbonyl (C=O) groups excluding carboxylic acids is 1. The molecule has 0 aliphatic heterocycles. The van der Waals surface area contributed by atoms with Gasteiger partial charge in [-0.2, -0.15) is 13.2 Å². The highest BCUT2D eigenvalue weighted by Crippen LogP contribution is 2.42. The number of hydrogen-bond acceptors (Lipinski definition) is 4. The molecule has 172 valence electrons. The van der Waals surface area contributed by atoms with Crippen LogP contribution >= 0.6 is 11.6 Å². The maximum atomic E-state index is 13.1. The molecule has 0 atom stereocenters. The number of aliphatic imine (C=N–C) groups is 1. The molecule has 3 N–H and O–H groups in total. The zero-order chi connectivity index (χ0) is 23.7. The number of ether oxygens (including phenoxy) is 1. The smallest absolute Gasteiger partial charge is 0.416 e. The van der Waals surface area contributed by atoms with Crippen LogP contribution in [0.5, 0.6) is 0 Å². The summed E-state index contributed by atoms with van der Waals surface area (Å²) < 4.78 is 44.0. The largest absolute Gasteiger partial charge is 0.464 e. The third kappa shape index (κ3) is 5.94. The minimum atomic E-state index is -4.42. The number of rotatable bonds is 8. The topological polar surface area (TPSA) is 76.7 Å². The number of alkyl halides is 3. The minimum Gasteiger partial charge on any atom is -0.464 e. The first-order chi connectivity index (χ1) is 14.9. The van der Waals surface area contributed by atoms with Gasteiger partial charge in [0.25, 0.3) is 0 Å². The van der Waals surface area contributed by atoms with Crippen LogP contribution in [0.3, 0.4) is 0 Å². The van der Waals surface area contributed by atoms with Crippen LogP contribution in [0.15, 0.2) is 52.3 Å². The predicted octanol–water partition coefficient (Wildman–Crippen LogP) is 5.05. The van der Waals surface area contributed by atoms with Crippen molar-refractivity contribution < 1.29 is 22.7 Å². The quantitative estimate of drug-likeness (QED) is 0.243. The molecule has 0 bridgehead atoms. The second-order valence-corrected chi connectivity index (χ2v) is 8.55. The lowest BCUT2D eigenvalue weighted by atomic mass is 10.0. The lowest BCUT2D eigenvalue weighted by Gasteiger charge is -2.14. The Bertz CT molecular complexity index is 1020. The van der Waals surface area contributed by atoms with Crippen LogP contribution in [0.25, 0.3) is 6.08 Å².